The molecule has 1 unspecified atom stereocenters. The fourth-order valence-corrected chi connectivity index (χ4v) is 2.64. The summed E-state index contributed by atoms with van der Waals surface area (Å²) < 4.78 is 0. The lowest BCUT2D eigenvalue weighted by molar-refractivity contribution is 0.760. The molecule has 2 aromatic rings. The van der Waals surface area contributed by atoms with Gasteiger partial charge in [-0.3, -0.25) is 0 Å². The van der Waals surface area contributed by atoms with E-state index in [-0.39, 0.29) is 0 Å². The molecule has 1 aromatic heterocycles. The van der Waals surface area contributed by atoms with Crippen molar-refractivity contribution in [3.8, 4) is 0 Å². The van der Waals surface area contributed by atoms with Crippen molar-refractivity contribution in [2.24, 2.45) is 0 Å². The van der Waals surface area contributed by atoms with E-state index >= 15 is 0 Å². The van der Waals surface area contributed by atoms with Crippen LogP contribution in [0.5, 0.6) is 0 Å². The zero-order chi connectivity index (χ0) is 12.5. The maximum Gasteiger partial charge on any atom is 0.222 e. The van der Waals surface area contributed by atoms with Gasteiger partial charge in [0.2, 0.25) is 5.95 Å². The molecule has 0 saturated heterocycles. The Morgan fingerprint density at radius 1 is 1.28 bits per heavy atom. The number of hydrogen-bond donors (Lipinski definition) is 1. The first-order valence-corrected chi connectivity index (χ1v) is 6.33. The van der Waals surface area contributed by atoms with Crippen LogP contribution in [0.4, 0.5) is 5.95 Å². The summed E-state index contributed by atoms with van der Waals surface area (Å²) in [5, 5.41) is 4.20. The van der Waals surface area contributed by atoms with E-state index < -0.39 is 0 Å². The average molecular weight is 259 g/mol. The number of nitrogens with zero attached hydrogens (tertiary/aromatic N) is 2. The van der Waals surface area contributed by atoms with Gasteiger partial charge in [-0.15, -0.1) is 0 Å². The minimum atomic E-state index is 0.347. The lowest BCUT2D eigenvalue weighted by Crippen LogP contribution is -2.20. The Labute approximate surface area is 111 Å². The fraction of sp³-hybridized carbons (Fsp3) is 0.286. The average Bonchev–Trinajstić information content (AvgIpc) is 2.79. The Morgan fingerprint density at radius 3 is 2.83 bits per heavy atom. The van der Waals surface area contributed by atoms with Gasteiger partial charge < -0.3 is 5.32 Å². The van der Waals surface area contributed by atoms with Crippen molar-refractivity contribution < 1.29 is 0 Å². The topological polar surface area (TPSA) is 37.8 Å². The van der Waals surface area contributed by atoms with Crippen LogP contribution in [0.1, 0.15) is 16.7 Å². The number of aromatic nitrogens is 2. The second-order valence-corrected chi connectivity index (χ2v) is 4.97. The van der Waals surface area contributed by atoms with Crippen LogP contribution in [0, 0.1) is 13.0 Å². The van der Waals surface area contributed by atoms with E-state index in [1.54, 1.807) is 12.4 Å². The van der Waals surface area contributed by atoms with Crippen molar-refractivity contribution in [2.75, 3.05) is 5.32 Å². The van der Waals surface area contributed by atoms with E-state index in [2.05, 4.69) is 34.3 Å². The Bertz CT molecular complexity index is 569. The highest BCUT2D eigenvalue weighted by atomic mass is 35.5. The van der Waals surface area contributed by atoms with Gasteiger partial charge in [0.15, 0.2) is 0 Å². The molecule has 1 atom stereocenters. The molecule has 1 aliphatic rings. The highest BCUT2D eigenvalue weighted by Gasteiger charge is 2.24. The quantitative estimate of drug-likeness (QED) is 0.900. The number of nitrogens with one attached hydrogen (secondary N) is 1. The molecular weight excluding hydrogens is 246 g/mol. The lowest BCUT2D eigenvalue weighted by atomic mass is 10.1. The van der Waals surface area contributed by atoms with Crippen LogP contribution >= 0.6 is 11.6 Å². The summed E-state index contributed by atoms with van der Waals surface area (Å²) in [6.07, 6.45) is 5.22. The van der Waals surface area contributed by atoms with E-state index in [9.17, 15) is 0 Å². The maximum absolute atomic E-state index is 6.15. The molecule has 1 N–H and O–H groups in total. The van der Waals surface area contributed by atoms with Crippen molar-refractivity contribution in [2.45, 2.75) is 25.8 Å². The zero-order valence-electron chi connectivity index (χ0n) is 10.1. The Kier molecular flexibility index (Phi) is 2.92. The van der Waals surface area contributed by atoms with Crippen LogP contribution in [-0.2, 0) is 12.8 Å². The van der Waals surface area contributed by atoms with Gasteiger partial charge in [-0.25, -0.2) is 9.97 Å². The molecule has 1 aromatic carbocycles. The highest BCUT2D eigenvalue weighted by Crippen LogP contribution is 2.30. The van der Waals surface area contributed by atoms with E-state index in [1.165, 1.54) is 16.7 Å². The van der Waals surface area contributed by atoms with Gasteiger partial charge in [-0.05, 0) is 42.5 Å². The summed E-state index contributed by atoms with van der Waals surface area (Å²) in [6, 6.07) is 7.25. The Hall–Kier alpha value is -1.61. The molecule has 18 heavy (non-hydrogen) atoms. The second-order valence-electron chi connectivity index (χ2n) is 4.57. The third-order valence-corrected chi connectivity index (χ3v) is 3.81. The molecule has 0 fully saturated rings. The van der Waals surface area contributed by atoms with Crippen molar-refractivity contribution in [1.29, 1.82) is 0 Å². The summed E-state index contributed by atoms with van der Waals surface area (Å²) in [7, 11) is 0. The molecule has 0 bridgehead atoms. The van der Waals surface area contributed by atoms with Gasteiger partial charge >= 0.3 is 0 Å². The van der Waals surface area contributed by atoms with E-state index in [4.69, 9.17) is 11.6 Å². The fourth-order valence-electron chi connectivity index (χ4n) is 2.47. The van der Waals surface area contributed by atoms with Crippen LogP contribution in [0.15, 0.2) is 24.5 Å². The van der Waals surface area contributed by atoms with Crippen molar-refractivity contribution in [1.82, 2.24) is 9.97 Å². The first-order chi connectivity index (χ1) is 8.74. The largest absolute Gasteiger partial charge is 0.351 e. The molecular formula is C14H13ClN3. The Balaban J connectivity index is 1.79. The maximum atomic E-state index is 6.15. The molecule has 1 heterocycles. The third kappa shape index (κ3) is 2.06. The van der Waals surface area contributed by atoms with Gasteiger partial charge in [0.1, 0.15) is 0 Å². The number of benzene rings is 1. The van der Waals surface area contributed by atoms with Gasteiger partial charge in [0.05, 0.1) is 0 Å². The number of hydrogen-bond acceptors (Lipinski definition) is 3. The van der Waals surface area contributed by atoms with Crippen LogP contribution in [-0.4, -0.2) is 16.0 Å². The van der Waals surface area contributed by atoms with Crippen LogP contribution in [0.2, 0.25) is 5.02 Å². The summed E-state index contributed by atoms with van der Waals surface area (Å²) in [4.78, 5) is 8.28. The van der Waals surface area contributed by atoms with Crippen LogP contribution in [0.3, 0.4) is 0 Å². The van der Waals surface area contributed by atoms with Crippen molar-refractivity contribution >= 4 is 17.5 Å². The van der Waals surface area contributed by atoms with Crippen LogP contribution < -0.4 is 5.32 Å². The van der Waals surface area contributed by atoms with E-state index in [1.807, 2.05) is 6.07 Å². The molecule has 3 rings (SSSR count). The monoisotopic (exact) mass is 258 g/mol. The molecule has 1 aliphatic carbocycles. The molecule has 0 saturated carbocycles. The number of halogens is 1. The van der Waals surface area contributed by atoms with Gasteiger partial charge in [0, 0.05) is 29.5 Å². The standard InChI is InChI=1S/C14H13ClN3/c1-9-12-8-11(7-10(12)3-4-13(9)15)18-14-16-5-2-6-17-14/h3-6,11H,7-8H2,1H3,(H,16,17,18). The first-order valence-electron chi connectivity index (χ1n) is 5.95. The predicted molar refractivity (Wildman–Crippen MR) is 71.9 cm³/mol. The van der Waals surface area contributed by atoms with Gasteiger partial charge in [-0.2, -0.15) is 0 Å². The summed E-state index contributed by atoms with van der Waals surface area (Å²) in [5.74, 6) is 0.662. The predicted octanol–water partition coefficient (Wildman–Crippen LogP) is 2.82. The Morgan fingerprint density at radius 2 is 2.06 bits per heavy atom. The second kappa shape index (κ2) is 4.58. The summed E-state index contributed by atoms with van der Waals surface area (Å²) in [5.41, 5.74) is 3.93. The molecule has 0 amide bonds. The van der Waals surface area contributed by atoms with E-state index in [0.717, 1.165) is 17.9 Å². The third-order valence-electron chi connectivity index (χ3n) is 3.40. The first kappa shape index (κ1) is 11.5. The van der Waals surface area contributed by atoms with E-state index in [0.29, 0.717) is 12.0 Å². The molecule has 3 nitrogen and oxygen atoms in total. The van der Waals surface area contributed by atoms with Gasteiger partial charge in [-0.1, -0.05) is 17.7 Å². The zero-order valence-corrected chi connectivity index (χ0v) is 10.8. The molecule has 1 radical (unpaired) electrons. The SMILES string of the molecule is Cc1c(Cl)ccc2c1CC(Nc1nc[c]cn1)C2. The van der Waals surface area contributed by atoms with Crippen molar-refractivity contribution in [3.63, 3.8) is 0 Å². The molecule has 4 heteroatoms. The highest BCUT2D eigenvalue weighted by molar-refractivity contribution is 6.31. The summed E-state index contributed by atoms with van der Waals surface area (Å²) >= 11 is 6.15. The number of anilines is 1. The lowest BCUT2D eigenvalue weighted by Gasteiger charge is -2.11. The molecule has 0 aliphatic heterocycles. The number of rotatable bonds is 2. The minimum Gasteiger partial charge on any atom is -0.351 e. The number of fused-ring (bicyclic) bond motifs is 1. The van der Waals surface area contributed by atoms with Crippen molar-refractivity contribution in [3.05, 3.63) is 52.3 Å². The smallest absolute Gasteiger partial charge is 0.222 e. The van der Waals surface area contributed by atoms with Gasteiger partial charge in [0.25, 0.3) is 0 Å². The normalized spacial score (nSPS) is 17.6. The molecule has 0 spiro atoms. The molecule has 91 valence electrons. The summed E-state index contributed by atoms with van der Waals surface area (Å²) in [6.45, 7) is 2.08. The minimum absolute atomic E-state index is 0.347. The van der Waals surface area contributed by atoms with Crippen LogP contribution in [0.25, 0.3) is 0 Å².